The van der Waals surface area contributed by atoms with Crippen molar-refractivity contribution in [3.8, 4) is 11.1 Å². The van der Waals surface area contributed by atoms with Crippen LogP contribution < -0.4 is 0 Å². The third-order valence-electron chi connectivity index (χ3n) is 3.18. The predicted octanol–water partition coefficient (Wildman–Crippen LogP) is 5.42. The molecule has 0 spiro atoms. The van der Waals surface area contributed by atoms with E-state index in [0.29, 0.717) is 0 Å². The van der Waals surface area contributed by atoms with Crippen molar-refractivity contribution in [2.45, 2.75) is 13.3 Å². The van der Waals surface area contributed by atoms with Crippen LogP contribution in [0, 0.1) is 0 Å². The van der Waals surface area contributed by atoms with Crippen LogP contribution in [0.3, 0.4) is 0 Å². The summed E-state index contributed by atoms with van der Waals surface area (Å²) in [6.07, 6.45) is 1.08. The number of fused-ring (bicyclic) bond motifs is 1. The largest absolute Gasteiger partial charge is 0.449 e. The van der Waals surface area contributed by atoms with Crippen molar-refractivity contribution in [2.75, 3.05) is 0 Å². The Morgan fingerprint density at radius 3 is 2.39 bits per heavy atom. The van der Waals surface area contributed by atoms with Crippen molar-refractivity contribution >= 4 is 26.9 Å². The van der Waals surface area contributed by atoms with Crippen molar-refractivity contribution in [1.29, 1.82) is 0 Å². The van der Waals surface area contributed by atoms with E-state index in [9.17, 15) is 0 Å². The SMILES string of the molecule is CCc1ccc(-c2ccc3oc(Br)cc3c2)cc1. The van der Waals surface area contributed by atoms with E-state index in [1.54, 1.807) is 0 Å². The maximum Gasteiger partial charge on any atom is 0.170 e. The van der Waals surface area contributed by atoms with Gasteiger partial charge in [-0.2, -0.15) is 0 Å². The molecule has 1 nitrogen and oxygen atoms in total. The number of furan rings is 1. The summed E-state index contributed by atoms with van der Waals surface area (Å²) >= 11 is 3.36. The Bertz CT molecular complexity index is 680. The molecule has 0 unspecified atom stereocenters. The topological polar surface area (TPSA) is 13.1 Å². The summed E-state index contributed by atoms with van der Waals surface area (Å²) in [6.45, 7) is 2.17. The highest BCUT2D eigenvalue weighted by Gasteiger charge is 2.04. The van der Waals surface area contributed by atoms with Gasteiger partial charge >= 0.3 is 0 Å². The van der Waals surface area contributed by atoms with Crippen LogP contribution in [-0.4, -0.2) is 0 Å². The van der Waals surface area contributed by atoms with Crippen molar-refractivity contribution in [2.24, 2.45) is 0 Å². The third kappa shape index (κ3) is 2.08. The fraction of sp³-hybridized carbons (Fsp3) is 0.125. The van der Waals surface area contributed by atoms with Crippen molar-refractivity contribution in [3.63, 3.8) is 0 Å². The van der Waals surface area contributed by atoms with Gasteiger partial charge < -0.3 is 4.42 Å². The molecule has 2 aromatic carbocycles. The first-order valence-electron chi connectivity index (χ1n) is 6.04. The van der Waals surface area contributed by atoms with Gasteiger partial charge in [-0.15, -0.1) is 0 Å². The molecule has 0 aliphatic heterocycles. The molecule has 0 N–H and O–H groups in total. The van der Waals surface area contributed by atoms with Gasteiger partial charge in [0.05, 0.1) is 0 Å². The fourth-order valence-corrected chi connectivity index (χ4v) is 2.54. The van der Waals surface area contributed by atoms with Gasteiger partial charge in [0.2, 0.25) is 0 Å². The minimum Gasteiger partial charge on any atom is -0.449 e. The molecule has 0 aliphatic rings. The van der Waals surface area contributed by atoms with Crippen LogP contribution >= 0.6 is 15.9 Å². The van der Waals surface area contributed by atoms with Gasteiger partial charge in [-0.25, -0.2) is 0 Å². The van der Waals surface area contributed by atoms with Crippen LogP contribution in [0.4, 0.5) is 0 Å². The number of halogens is 1. The molecule has 0 saturated heterocycles. The summed E-state index contributed by atoms with van der Waals surface area (Å²) in [5.41, 5.74) is 4.74. The Labute approximate surface area is 115 Å². The Morgan fingerprint density at radius 1 is 0.944 bits per heavy atom. The lowest BCUT2D eigenvalue weighted by Crippen LogP contribution is -1.81. The highest BCUT2D eigenvalue weighted by atomic mass is 79.9. The molecule has 3 aromatic rings. The van der Waals surface area contributed by atoms with Crippen LogP contribution in [0.1, 0.15) is 12.5 Å². The summed E-state index contributed by atoms with van der Waals surface area (Å²) in [4.78, 5) is 0. The summed E-state index contributed by atoms with van der Waals surface area (Å²) in [5.74, 6) is 0. The van der Waals surface area contributed by atoms with Crippen LogP contribution in [0.25, 0.3) is 22.1 Å². The van der Waals surface area contributed by atoms with Gasteiger partial charge in [0.1, 0.15) is 5.58 Å². The standard InChI is InChI=1S/C16H13BrO/c1-2-11-3-5-12(6-4-11)13-7-8-15-14(9-13)10-16(17)18-15/h3-10H,2H2,1H3. The maximum atomic E-state index is 5.51. The fourth-order valence-electron chi connectivity index (χ4n) is 2.12. The van der Waals surface area contributed by atoms with Crippen LogP contribution in [0.2, 0.25) is 0 Å². The van der Waals surface area contributed by atoms with E-state index in [0.717, 1.165) is 22.1 Å². The number of aryl methyl sites for hydroxylation is 1. The monoisotopic (exact) mass is 300 g/mol. The molecule has 0 amide bonds. The van der Waals surface area contributed by atoms with E-state index >= 15 is 0 Å². The Hall–Kier alpha value is -1.54. The number of hydrogen-bond acceptors (Lipinski definition) is 1. The highest BCUT2D eigenvalue weighted by Crippen LogP contribution is 2.28. The normalized spacial score (nSPS) is 11.0. The lowest BCUT2D eigenvalue weighted by molar-refractivity contribution is 0.587. The smallest absolute Gasteiger partial charge is 0.170 e. The quantitative estimate of drug-likeness (QED) is 0.615. The Kier molecular flexibility index (Phi) is 2.96. The van der Waals surface area contributed by atoms with E-state index in [1.807, 2.05) is 12.1 Å². The first kappa shape index (κ1) is 11.5. The lowest BCUT2D eigenvalue weighted by atomic mass is 10.0. The second-order valence-electron chi connectivity index (χ2n) is 4.35. The average Bonchev–Trinajstić information content (AvgIpc) is 2.78. The minimum absolute atomic E-state index is 0.774. The molecule has 0 fully saturated rings. The third-order valence-corrected chi connectivity index (χ3v) is 3.57. The zero-order valence-corrected chi connectivity index (χ0v) is 11.7. The van der Waals surface area contributed by atoms with Crippen LogP contribution in [0.5, 0.6) is 0 Å². The van der Waals surface area contributed by atoms with Crippen LogP contribution in [0.15, 0.2) is 57.6 Å². The number of benzene rings is 2. The lowest BCUT2D eigenvalue weighted by Gasteiger charge is -2.03. The molecule has 0 bridgehead atoms. The van der Waals surface area contributed by atoms with Crippen molar-refractivity contribution in [1.82, 2.24) is 0 Å². The van der Waals surface area contributed by atoms with Gasteiger partial charge in [-0.3, -0.25) is 0 Å². The maximum absolute atomic E-state index is 5.51. The summed E-state index contributed by atoms with van der Waals surface area (Å²) < 4.78 is 6.29. The molecule has 0 radical (unpaired) electrons. The van der Waals surface area contributed by atoms with E-state index < -0.39 is 0 Å². The molecule has 0 aliphatic carbocycles. The molecule has 18 heavy (non-hydrogen) atoms. The van der Waals surface area contributed by atoms with Gasteiger partial charge in [-0.05, 0) is 57.2 Å². The molecular weight excluding hydrogens is 288 g/mol. The summed E-state index contributed by atoms with van der Waals surface area (Å²) in [5, 5.41) is 1.12. The summed E-state index contributed by atoms with van der Waals surface area (Å²) in [7, 11) is 0. The van der Waals surface area contributed by atoms with Gasteiger partial charge in [-0.1, -0.05) is 37.3 Å². The Balaban J connectivity index is 2.06. The molecule has 1 aromatic heterocycles. The van der Waals surface area contributed by atoms with Gasteiger partial charge in [0, 0.05) is 5.39 Å². The first-order valence-corrected chi connectivity index (χ1v) is 6.84. The average molecular weight is 301 g/mol. The molecule has 1 heterocycles. The first-order chi connectivity index (χ1) is 8.76. The minimum atomic E-state index is 0.774. The highest BCUT2D eigenvalue weighted by molar-refractivity contribution is 9.10. The van der Waals surface area contributed by atoms with E-state index in [2.05, 4.69) is 59.3 Å². The van der Waals surface area contributed by atoms with E-state index in [1.165, 1.54) is 16.7 Å². The summed E-state index contributed by atoms with van der Waals surface area (Å²) in [6, 6.07) is 17.0. The second kappa shape index (κ2) is 4.62. The number of rotatable bonds is 2. The van der Waals surface area contributed by atoms with Gasteiger partial charge in [0.15, 0.2) is 4.67 Å². The Morgan fingerprint density at radius 2 is 1.67 bits per heavy atom. The molecule has 90 valence electrons. The second-order valence-corrected chi connectivity index (χ2v) is 5.14. The number of hydrogen-bond donors (Lipinski definition) is 0. The van der Waals surface area contributed by atoms with E-state index in [4.69, 9.17) is 4.42 Å². The zero-order chi connectivity index (χ0) is 12.5. The predicted molar refractivity (Wildman–Crippen MR) is 78.7 cm³/mol. The molecule has 0 atom stereocenters. The van der Waals surface area contributed by atoms with Gasteiger partial charge in [0.25, 0.3) is 0 Å². The van der Waals surface area contributed by atoms with Crippen molar-refractivity contribution < 1.29 is 4.42 Å². The van der Waals surface area contributed by atoms with Crippen molar-refractivity contribution in [3.05, 3.63) is 58.8 Å². The van der Waals surface area contributed by atoms with Crippen LogP contribution in [-0.2, 0) is 6.42 Å². The molecule has 2 heteroatoms. The zero-order valence-electron chi connectivity index (χ0n) is 10.1. The molecule has 3 rings (SSSR count). The van der Waals surface area contributed by atoms with E-state index in [-0.39, 0.29) is 0 Å². The molecule has 0 saturated carbocycles. The molecular formula is C16H13BrO.